The molecule has 1 N–H and O–H groups in total. The molecule has 2 heterocycles. The molecule has 0 radical (unpaired) electrons. The van der Waals surface area contributed by atoms with Gasteiger partial charge in [0.15, 0.2) is 0 Å². The highest BCUT2D eigenvalue weighted by molar-refractivity contribution is 7.65. The number of hydrogen-bond donors (Lipinski definition) is 1. The summed E-state index contributed by atoms with van der Waals surface area (Å²) < 4.78 is 12.0. The van der Waals surface area contributed by atoms with E-state index in [-0.39, 0.29) is 6.10 Å². The lowest BCUT2D eigenvalue weighted by Gasteiger charge is -2.30. The molecule has 2 unspecified atom stereocenters. The summed E-state index contributed by atoms with van der Waals surface area (Å²) in [7, 11) is -1.85. The predicted octanol–water partition coefficient (Wildman–Crippen LogP) is 1.66. The normalized spacial score (nSPS) is 56.4. The Morgan fingerprint density at radius 1 is 1.27 bits per heavy atom. The molecule has 0 aromatic carbocycles. The van der Waals surface area contributed by atoms with Gasteiger partial charge in [0.1, 0.15) is 0 Å². The molecule has 2 atom stereocenters. The molecule has 2 aliphatic heterocycles. The molecule has 0 aromatic heterocycles. The van der Waals surface area contributed by atoms with Gasteiger partial charge in [-0.3, -0.25) is 0 Å². The van der Waals surface area contributed by atoms with Gasteiger partial charge in [0, 0.05) is 11.3 Å². The minimum absolute atomic E-state index is 0.158. The zero-order valence-corrected chi connectivity index (χ0v) is 7.76. The summed E-state index contributed by atoms with van der Waals surface area (Å²) in [5, 5.41) is 9.40. The van der Waals surface area contributed by atoms with Crippen molar-refractivity contribution in [1.29, 1.82) is 0 Å². The molecule has 2 aliphatic rings. The molecule has 0 spiro atoms. The molecule has 64 valence electrons. The van der Waals surface area contributed by atoms with E-state index in [1.165, 1.54) is 0 Å². The molecule has 2 saturated heterocycles. The third kappa shape index (κ3) is 1.08. The highest BCUT2D eigenvalue weighted by Crippen LogP contribution is 2.65. The zero-order chi connectivity index (χ0) is 8.06. The van der Waals surface area contributed by atoms with Gasteiger partial charge in [-0.15, -0.1) is 0 Å². The molecule has 2 rings (SSSR count). The molecule has 11 heavy (non-hydrogen) atoms. The van der Waals surface area contributed by atoms with Crippen molar-refractivity contribution >= 4 is 7.14 Å². The van der Waals surface area contributed by atoms with Crippen molar-refractivity contribution in [3.8, 4) is 0 Å². The standard InChI is InChI=1S/C8H15O2P/c1-11(10)7-2-3-8(11)5-6(9)4-7/h6-9H,2-5H2,1H3. The van der Waals surface area contributed by atoms with Gasteiger partial charge in [0.25, 0.3) is 0 Å². The van der Waals surface area contributed by atoms with E-state index in [4.69, 9.17) is 0 Å². The Morgan fingerprint density at radius 3 is 2.18 bits per heavy atom. The van der Waals surface area contributed by atoms with Crippen molar-refractivity contribution in [1.82, 2.24) is 0 Å². The Labute approximate surface area is 67.4 Å². The molecule has 0 aliphatic carbocycles. The highest BCUT2D eigenvalue weighted by Gasteiger charge is 2.47. The van der Waals surface area contributed by atoms with E-state index < -0.39 is 7.14 Å². The number of fused-ring (bicyclic) bond motifs is 2. The topological polar surface area (TPSA) is 37.3 Å². The van der Waals surface area contributed by atoms with Crippen molar-refractivity contribution in [2.45, 2.75) is 43.1 Å². The summed E-state index contributed by atoms with van der Waals surface area (Å²) >= 11 is 0. The fourth-order valence-electron chi connectivity index (χ4n) is 2.57. The van der Waals surface area contributed by atoms with Crippen molar-refractivity contribution < 1.29 is 9.67 Å². The lowest BCUT2D eigenvalue weighted by Crippen LogP contribution is -2.25. The van der Waals surface area contributed by atoms with E-state index in [0.29, 0.717) is 11.3 Å². The second-order valence-electron chi connectivity index (χ2n) is 4.07. The van der Waals surface area contributed by atoms with E-state index in [2.05, 4.69) is 0 Å². The molecular weight excluding hydrogens is 159 g/mol. The largest absolute Gasteiger partial charge is 0.393 e. The van der Waals surface area contributed by atoms with Gasteiger partial charge in [-0.1, -0.05) is 0 Å². The van der Waals surface area contributed by atoms with Gasteiger partial charge in [0.05, 0.1) is 13.2 Å². The first-order valence-corrected chi connectivity index (χ1v) is 6.65. The summed E-state index contributed by atoms with van der Waals surface area (Å²) in [5.74, 6) is 0. The Hall–Kier alpha value is 0.190. The third-order valence-electron chi connectivity index (χ3n) is 3.37. The van der Waals surface area contributed by atoms with Crippen LogP contribution in [0.25, 0.3) is 0 Å². The third-order valence-corrected chi connectivity index (χ3v) is 7.21. The molecule has 0 saturated carbocycles. The van der Waals surface area contributed by atoms with E-state index >= 15 is 0 Å². The Morgan fingerprint density at radius 2 is 1.73 bits per heavy atom. The second kappa shape index (κ2) is 2.34. The zero-order valence-electron chi connectivity index (χ0n) is 6.86. The molecule has 2 bridgehead atoms. The smallest absolute Gasteiger partial charge is 0.0908 e. The first-order chi connectivity index (χ1) is 5.10. The SMILES string of the molecule is CP1(=O)C2CCC1CC(O)C2. The van der Waals surface area contributed by atoms with Gasteiger partial charge in [-0.2, -0.15) is 0 Å². The summed E-state index contributed by atoms with van der Waals surface area (Å²) in [6.45, 7) is 1.93. The minimum Gasteiger partial charge on any atom is -0.393 e. The molecule has 2 nitrogen and oxygen atoms in total. The van der Waals surface area contributed by atoms with Crippen LogP contribution in [0, 0.1) is 0 Å². The maximum absolute atomic E-state index is 12.0. The van der Waals surface area contributed by atoms with Crippen molar-refractivity contribution in [2.24, 2.45) is 0 Å². The first-order valence-electron chi connectivity index (χ1n) is 4.35. The van der Waals surface area contributed by atoms with Crippen LogP contribution in [-0.2, 0) is 4.57 Å². The van der Waals surface area contributed by atoms with Gasteiger partial charge in [-0.05, 0) is 32.3 Å². The Bertz CT molecular complexity index is 196. The maximum Gasteiger partial charge on any atom is 0.0908 e. The Balaban J connectivity index is 2.26. The van der Waals surface area contributed by atoms with Crippen LogP contribution in [0.1, 0.15) is 25.7 Å². The number of aliphatic hydroxyl groups is 1. The van der Waals surface area contributed by atoms with E-state index in [9.17, 15) is 9.67 Å². The number of rotatable bonds is 0. The second-order valence-corrected chi connectivity index (χ2v) is 7.65. The van der Waals surface area contributed by atoms with Crippen LogP contribution >= 0.6 is 7.14 Å². The van der Waals surface area contributed by atoms with Crippen LogP contribution in [0.2, 0.25) is 0 Å². The fraction of sp³-hybridized carbons (Fsp3) is 1.00. The van der Waals surface area contributed by atoms with Crippen LogP contribution in [0.4, 0.5) is 0 Å². The lowest BCUT2D eigenvalue weighted by atomic mass is 10.1. The minimum atomic E-state index is -1.85. The summed E-state index contributed by atoms with van der Waals surface area (Å²) in [6, 6.07) is 0. The fourth-order valence-corrected chi connectivity index (χ4v) is 5.82. The highest BCUT2D eigenvalue weighted by atomic mass is 31.2. The molecule has 0 amide bonds. The summed E-state index contributed by atoms with van der Waals surface area (Å²) in [4.78, 5) is 0. The molecule has 3 heteroatoms. The summed E-state index contributed by atoms with van der Waals surface area (Å²) in [6.07, 6.45) is 3.62. The lowest BCUT2D eigenvalue weighted by molar-refractivity contribution is 0.152. The quantitative estimate of drug-likeness (QED) is 0.567. The van der Waals surface area contributed by atoms with Crippen molar-refractivity contribution in [3.63, 3.8) is 0 Å². The van der Waals surface area contributed by atoms with Crippen LogP contribution < -0.4 is 0 Å². The molecule has 0 aromatic rings. The number of aliphatic hydroxyl groups excluding tert-OH is 1. The average molecular weight is 174 g/mol. The predicted molar refractivity (Wildman–Crippen MR) is 45.6 cm³/mol. The first kappa shape index (κ1) is 7.82. The Kier molecular flexibility index (Phi) is 1.66. The monoisotopic (exact) mass is 174 g/mol. The van der Waals surface area contributed by atoms with Gasteiger partial charge in [0.2, 0.25) is 0 Å². The van der Waals surface area contributed by atoms with Crippen molar-refractivity contribution in [3.05, 3.63) is 0 Å². The molecule has 2 fully saturated rings. The van der Waals surface area contributed by atoms with E-state index in [0.717, 1.165) is 25.7 Å². The summed E-state index contributed by atoms with van der Waals surface area (Å²) in [5.41, 5.74) is 0.715. The van der Waals surface area contributed by atoms with Gasteiger partial charge in [-0.25, -0.2) is 0 Å². The maximum atomic E-state index is 12.0. The van der Waals surface area contributed by atoms with Gasteiger partial charge >= 0.3 is 0 Å². The van der Waals surface area contributed by atoms with Crippen LogP contribution in [-0.4, -0.2) is 29.2 Å². The number of hydrogen-bond acceptors (Lipinski definition) is 2. The average Bonchev–Trinajstić information content (AvgIpc) is 2.19. The van der Waals surface area contributed by atoms with Crippen LogP contribution in [0.3, 0.4) is 0 Å². The van der Waals surface area contributed by atoms with Crippen molar-refractivity contribution in [2.75, 3.05) is 6.66 Å². The van der Waals surface area contributed by atoms with Crippen LogP contribution in [0.15, 0.2) is 0 Å². The van der Waals surface area contributed by atoms with E-state index in [1.54, 1.807) is 0 Å². The van der Waals surface area contributed by atoms with E-state index in [1.807, 2.05) is 6.66 Å². The van der Waals surface area contributed by atoms with Gasteiger partial charge < -0.3 is 9.67 Å². The molecular formula is C8H15O2P. The van der Waals surface area contributed by atoms with Crippen LogP contribution in [0.5, 0.6) is 0 Å².